The molecule has 1 rings (SSSR count). The monoisotopic (exact) mass is 238 g/mol. The fourth-order valence-electron chi connectivity index (χ4n) is 1.22. The van der Waals surface area contributed by atoms with Gasteiger partial charge in [0.05, 0.1) is 11.1 Å². The Kier molecular flexibility index (Phi) is 3.34. The second-order valence-corrected chi connectivity index (χ2v) is 5.44. The summed E-state index contributed by atoms with van der Waals surface area (Å²) >= 11 is 0. The van der Waals surface area contributed by atoms with Crippen LogP contribution in [0.5, 0.6) is 0 Å². The van der Waals surface area contributed by atoms with Crippen LogP contribution in [-0.4, -0.2) is 26.2 Å². The molecule has 0 aliphatic carbocycles. The topological polar surface area (TPSA) is 84.1 Å². The van der Waals surface area contributed by atoms with E-state index in [0.29, 0.717) is 17.5 Å². The van der Waals surface area contributed by atoms with E-state index in [0.717, 1.165) is 5.56 Å². The number of nitrogens with one attached hydrogen (secondary N) is 1. The summed E-state index contributed by atoms with van der Waals surface area (Å²) in [6, 6.07) is 0. The molecule has 0 amide bonds. The van der Waals surface area contributed by atoms with E-state index in [-0.39, 0.29) is 0 Å². The number of nitrogens with two attached hydrogens (primary N) is 1. The van der Waals surface area contributed by atoms with Crippen LogP contribution >= 0.6 is 0 Å². The van der Waals surface area contributed by atoms with Gasteiger partial charge in [0.25, 0.3) is 0 Å². The quantitative estimate of drug-likeness (QED) is 0.745. The summed E-state index contributed by atoms with van der Waals surface area (Å²) in [5.41, 5.74) is 5.19. The summed E-state index contributed by atoms with van der Waals surface area (Å²) in [4.78, 5) is 8.41. The van der Waals surface area contributed by atoms with Crippen LogP contribution in [0.2, 0.25) is 0 Å². The van der Waals surface area contributed by atoms with Crippen molar-refractivity contribution >= 4 is 11.6 Å². The second-order valence-electron chi connectivity index (χ2n) is 5.44. The lowest BCUT2D eigenvalue weighted by molar-refractivity contribution is 0.0238. The molecule has 5 nitrogen and oxygen atoms in total. The number of anilines is 2. The Balaban J connectivity index is 3.12. The van der Waals surface area contributed by atoms with Crippen LogP contribution in [-0.2, 0) is 0 Å². The Hall–Kier alpha value is -1.36. The SMILES string of the molecule is Cc1nc(N)c(C)c(NC(C)(C)C(C)(C)O)n1. The van der Waals surface area contributed by atoms with Gasteiger partial charge in [0.2, 0.25) is 0 Å². The molecule has 0 fully saturated rings. The molecular weight excluding hydrogens is 216 g/mol. The van der Waals surface area contributed by atoms with E-state index < -0.39 is 11.1 Å². The van der Waals surface area contributed by atoms with E-state index in [9.17, 15) is 5.11 Å². The number of hydrogen-bond donors (Lipinski definition) is 3. The van der Waals surface area contributed by atoms with Gasteiger partial charge in [0, 0.05) is 5.56 Å². The van der Waals surface area contributed by atoms with Crippen LogP contribution in [0.1, 0.15) is 39.1 Å². The summed E-state index contributed by atoms with van der Waals surface area (Å²) in [6.07, 6.45) is 0. The van der Waals surface area contributed by atoms with Gasteiger partial charge in [-0.2, -0.15) is 0 Å². The summed E-state index contributed by atoms with van der Waals surface area (Å²) in [5, 5.41) is 13.3. The third-order valence-corrected chi connectivity index (χ3v) is 3.26. The predicted molar refractivity (Wildman–Crippen MR) is 69.9 cm³/mol. The Morgan fingerprint density at radius 3 is 2.12 bits per heavy atom. The first-order valence-corrected chi connectivity index (χ1v) is 5.66. The number of aromatic nitrogens is 2. The molecule has 4 N–H and O–H groups in total. The third kappa shape index (κ3) is 2.85. The van der Waals surface area contributed by atoms with Crippen molar-refractivity contribution in [3.05, 3.63) is 11.4 Å². The maximum absolute atomic E-state index is 10.1. The van der Waals surface area contributed by atoms with Gasteiger partial charge in [-0.15, -0.1) is 0 Å². The number of aryl methyl sites for hydroxylation is 1. The molecule has 96 valence electrons. The van der Waals surface area contributed by atoms with E-state index >= 15 is 0 Å². The molecular formula is C12H22N4O. The zero-order valence-corrected chi connectivity index (χ0v) is 11.4. The van der Waals surface area contributed by atoms with E-state index in [2.05, 4.69) is 15.3 Å². The minimum Gasteiger partial charge on any atom is -0.388 e. The number of hydrogen-bond acceptors (Lipinski definition) is 5. The van der Waals surface area contributed by atoms with Gasteiger partial charge in [-0.25, -0.2) is 9.97 Å². The lowest BCUT2D eigenvalue weighted by atomic mass is 9.86. The highest BCUT2D eigenvalue weighted by molar-refractivity contribution is 5.56. The Morgan fingerprint density at radius 1 is 1.12 bits per heavy atom. The molecule has 1 aromatic heterocycles. The first kappa shape index (κ1) is 13.7. The first-order chi connectivity index (χ1) is 7.54. The number of rotatable bonds is 3. The number of aliphatic hydroxyl groups is 1. The molecule has 0 spiro atoms. The molecule has 17 heavy (non-hydrogen) atoms. The van der Waals surface area contributed by atoms with Crippen molar-refractivity contribution < 1.29 is 5.11 Å². The highest BCUT2D eigenvalue weighted by atomic mass is 16.3. The molecule has 0 unspecified atom stereocenters. The molecule has 0 saturated carbocycles. The van der Waals surface area contributed by atoms with Crippen molar-refractivity contribution in [2.45, 2.75) is 52.7 Å². The summed E-state index contributed by atoms with van der Waals surface area (Å²) in [5.74, 6) is 1.75. The molecule has 1 aromatic rings. The Labute approximate surface area is 102 Å². The molecule has 0 radical (unpaired) electrons. The van der Waals surface area contributed by atoms with Crippen molar-refractivity contribution in [3.63, 3.8) is 0 Å². The molecule has 0 aromatic carbocycles. The van der Waals surface area contributed by atoms with E-state index in [1.807, 2.05) is 20.8 Å². The van der Waals surface area contributed by atoms with Crippen LogP contribution in [0.4, 0.5) is 11.6 Å². The predicted octanol–water partition coefficient (Wildman–Crippen LogP) is 1.64. The molecule has 0 aliphatic heterocycles. The average molecular weight is 238 g/mol. The van der Waals surface area contributed by atoms with Gasteiger partial charge in [0.1, 0.15) is 17.5 Å². The fourth-order valence-corrected chi connectivity index (χ4v) is 1.22. The van der Waals surface area contributed by atoms with Crippen molar-refractivity contribution in [1.82, 2.24) is 9.97 Å². The molecule has 1 heterocycles. The molecule has 0 aliphatic rings. The van der Waals surface area contributed by atoms with Crippen LogP contribution in [0.25, 0.3) is 0 Å². The average Bonchev–Trinajstić information content (AvgIpc) is 2.11. The molecule has 0 saturated heterocycles. The zero-order valence-electron chi connectivity index (χ0n) is 11.4. The minimum atomic E-state index is -0.882. The van der Waals surface area contributed by atoms with Crippen LogP contribution in [0.15, 0.2) is 0 Å². The molecule has 0 atom stereocenters. The molecule has 5 heteroatoms. The standard InChI is InChI=1S/C12H22N4O/c1-7-9(13)14-8(2)15-10(7)16-11(3,4)12(5,6)17/h17H,1-6H3,(H3,13,14,15,16). The summed E-state index contributed by atoms with van der Waals surface area (Å²) in [7, 11) is 0. The maximum Gasteiger partial charge on any atom is 0.135 e. The number of nitrogens with zero attached hydrogens (tertiary/aromatic N) is 2. The summed E-state index contributed by atoms with van der Waals surface area (Å²) < 4.78 is 0. The van der Waals surface area contributed by atoms with Crippen molar-refractivity contribution in [1.29, 1.82) is 0 Å². The molecule has 0 bridgehead atoms. The fraction of sp³-hybridized carbons (Fsp3) is 0.667. The van der Waals surface area contributed by atoms with Crippen molar-refractivity contribution in [2.24, 2.45) is 0 Å². The smallest absolute Gasteiger partial charge is 0.135 e. The normalized spacial score (nSPS) is 12.6. The maximum atomic E-state index is 10.1. The Morgan fingerprint density at radius 2 is 1.65 bits per heavy atom. The van der Waals surface area contributed by atoms with Crippen LogP contribution in [0.3, 0.4) is 0 Å². The second kappa shape index (κ2) is 4.14. The largest absolute Gasteiger partial charge is 0.388 e. The van der Waals surface area contributed by atoms with E-state index in [1.54, 1.807) is 20.8 Å². The highest BCUT2D eigenvalue weighted by Crippen LogP contribution is 2.27. The third-order valence-electron chi connectivity index (χ3n) is 3.26. The minimum absolute atomic E-state index is 0.464. The van der Waals surface area contributed by atoms with Gasteiger partial charge in [-0.3, -0.25) is 0 Å². The first-order valence-electron chi connectivity index (χ1n) is 5.66. The lowest BCUT2D eigenvalue weighted by Crippen LogP contribution is -2.51. The zero-order chi connectivity index (χ0) is 13.4. The Bertz CT molecular complexity index is 421. The van der Waals surface area contributed by atoms with Crippen molar-refractivity contribution in [3.8, 4) is 0 Å². The number of nitrogen functional groups attached to an aromatic ring is 1. The van der Waals surface area contributed by atoms with Gasteiger partial charge in [-0.1, -0.05) is 0 Å². The highest BCUT2D eigenvalue weighted by Gasteiger charge is 2.35. The van der Waals surface area contributed by atoms with E-state index in [4.69, 9.17) is 5.73 Å². The van der Waals surface area contributed by atoms with Crippen molar-refractivity contribution in [2.75, 3.05) is 11.1 Å². The van der Waals surface area contributed by atoms with Gasteiger partial charge in [0.15, 0.2) is 0 Å². The van der Waals surface area contributed by atoms with Crippen LogP contribution < -0.4 is 11.1 Å². The van der Waals surface area contributed by atoms with Gasteiger partial charge in [-0.05, 0) is 41.5 Å². The lowest BCUT2D eigenvalue weighted by Gasteiger charge is -2.38. The van der Waals surface area contributed by atoms with Gasteiger partial charge >= 0.3 is 0 Å². The van der Waals surface area contributed by atoms with Gasteiger partial charge < -0.3 is 16.2 Å². The summed E-state index contributed by atoms with van der Waals surface area (Å²) in [6.45, 7) is 11.0. The van der Waals surface area contributed by atoms with Crippen LogP contribution in [0, 0.1) is 13.8 Å². The van der Waals surface area contributed by atoms with E-state index in [1.165, 1.54) is 0 Å².